The minimum atomic E-state index is 0.153. The van der Waals surface area contributed by atoms with Crippen LogP contribution in [0.4, 0.5) is 0 Å². The number of carbonyl (C=O) groups is 1. The SMILES string of the molecule is O=C(c1ccc(Cn2cnnn2)cc1)N1CCCCC1CCc1cccs1. The fourth-order valence-electron chi connectivity index (χ4n) is 3.69. The maximum atomic E-state index is 13.1. The summed E-state index contributed by atoms with van der Waals surface area (Å²) in [6.45, 7) is 1.47. The van der Waals surface area contributed by atoms with Crippen molar-refractivity contribution >= 4 is 17.2 Å². The summed E-state index contributed by atoms with van der Waals surface area (Å²) in [4.78, 5) is 16.6. The molecule has 1 aromatic carbocycles. The number of aromatic nitrogens is 4. The third kappa shape index (κ3) is 4.42. The average molecular weight is 382 g/mol. The Hall–Kier alpha value is -2.54. The molecule has 1 amide bonds. The van der Waals surface area contributed by atoms with E-state index in [1.165, 1.54) is 11.3 Å². The quantitative estimate of drug-likeness (QED) is 0.656. The van der Waals surface area contributed by atoms with Gasteiger partial charge in [-0.1, -0.05) is 18.2 Å². The van der Waals surface area contributed by atoms with Gasteiger partial charge in [-0.15, -0.1) is 16.4 Å². The standard InChI is InChI=1S/C20H23N5OS/c26-20(17-8-6-16(7-9-17)14-24-15-21-22-23-24)25-12-2-1-4-18(25)10-11-19-5-3-13-27-19/h3,5-9,13,15,18H,1-2,4,10-12,14H2. The zero-order valence-corrected chi connectivity index (χ0v) is 16.0. The summed E-state index contributed by atoms with van der Waals surface area (Å²) in [6, 6.07) is 12.4. The van der Waals surface area contributed by atoms with Crippen LogP contribution in [0.5, 0.6) is 0 Å². The zero-order valence-electron chi connectivity index (χ0n) is 15.2. The Bertz CT molecular complexity index is 845. The Morgan fingerprint density at radius 3 is 2.81 bits per heavy atom. The van der Waals surface area contributed by atoms with E-state index < -0.39 is 0 Å². The van der Waals surface area contributed by atoms with Gasteiger partial charge in [0, 0.05) is 23.0 Å². The van der Waals surface area contributed by atoms with Crippen LogP contribution in [0.25, 0.3) is 0 Å². The van der Waals surface area contributed by atoms with Gasteiger partial charge in [-0.05, 0) is 71.7 Å². The number of piperidine rings is 1. The van der Waals surface area contributed by atoms with Gasteiger partial charge in [0.1, 0.15) is 6.33 Å². The lowest BCUT2D eigenvalue weighted by Gasteiger charge is -2.36. The smallest absolute Gasteiger partial charge is 0.254 e. The van der Waals surface area contributed by atoms with Gasteiger partial charge in [-0.2, -0.15) is 0 Å². The lowest BCUT2D eigenvalue weighted by atomic mass is 9.96. The Kier molecular flexibility index (Phi) is 5.58. The van der Waals surface area contributed by atoms with Gasteiger partial charge in [0.2, 0.25) is 0 Å². The summed E-state index contributed by atoms with van der Waals surface area (Å²) in [5, 5.41) is 13.3. The maximum Gasteiger partial charge on any atom is 0.254 e. The highest BCUT2D eigenvalue weighted by Gasteiger charge is 2.27. The lowest BCUT2D eigenvalue weighted by Crippen LogP contribution is -2.44. The maximum absolute atomic E-state index is 13.1. The van der Waals surface area contributed by atoms with E-state index in [4.69, 9.17) is 0 Å². The summed E-state index contributed by atoms with van der Waals surface area (Å²) in [6.07, 6.45) is 7.10. The van der Waals surface area contributed by atoms with Crippen molar-refractivity contribution in [1.82, 2.24) is 25.1 Å². The number of thiophene rings is 1. The predicted octanol–water partition coefficient (Wildman–Crippen LogP) is 3.41. The van der Waals surface area contributed by atoms with Crippen molar-refractivity contribution in [3.05, 3.63) is 64.1 Å². The second-order valence-electron chi connectivity index (χ2n) is 6.97. The largest absolute Gasteiger partial charge is 0.336 e. The number of aryl methyl sites for hydroxylation is 1. The van der Waals surface area contributed by atoms with Crippen LogP contribution < -0.4 is 0 Å². The first-order chi connectivity index (χ1) is 13.3. The molecule has 7 heteroatoms. The van der Waals surface area contributed by atoms with Crippen molar-refractivity contribution < 1.29 is 4.79 Å². The Balaban J connectivity index is 1.41. The molecule has 0 radical (unpaired) electrons. The van der Waals surface area contributed by atoms with E-state index in [0.29, 0.717) is 12.6 Å². The molecular weight excluding hydrogens is 358 g/mol. The Labute approximate surface area is 162 Å². The van der Waals surface area contributed by atoms with Crippen molar-refractivity contribution in [2.75, 3.05) is 6.54 Å². The van der Waals surface area contributed by atoms with Crippen molar-refractivity contribution in [2.45, 2.75) is 44.7 Å². The van der Waals surface area contributed by atoms with E-state index in [2.05, 4.69) is 37.9 Å². The third-order valence-electron chi connectivity index (χ3n) is 5.13. The van der Waals surface area contributed by atoms with E-state index in [-0.39, 0.29) is 5.91 Å². The van der Waals surface area contributed by atoms with Gasteiger partial charge < -0.3 is 4.90 Å². The van der Waals surface area contributed by atoms with Crippen molar-refractivity contribution in [1.29, 1.82) is 0 Å². The molecule has 3 aromatic rings. The molecule has 6 nitrogen and oxygen atoms in total. The Morgan fingerprint density at radius 2 is 2.07 bits per heavy atom. The highest BCUT2D eigenvalue weighted by Crippen LogP contribution is 2.24. The van der Waals surface area contributed by atoms with Crippen LogP contribution in [-0.4, -0.2) is 43.6 Å². The number of hydrogen-bond acceptors (Lipinski definition) is 5. The molecule has 2 aromatic heterocycles. The molecule has 27 heavy (non-hydrogen) atoms. The number of tetrazole rings is 1. The van der Waals surface area contributed by atoms with Crippen molar-refractivity contribution in [3.8, 4) is 0 Å². The highest BCUT2D eigenvalue weighted by atomic mass is 32.1. The summed E-state index contributed by atoms with van der Waals surface area (Å²) >= 11 is 1.80. The first-order valence-corrected chi connectivity index (χ1v) is 10.3. The molecular formula is C20H23N5OS. The van der Waals surface area contributed by atoms with Gasteiger partial charge in [0.05, 0.1) is 6.54 Å². The summed E-state index contributed by atoms with van der Waals surface area (Å²) in [7, 11) is 0. The molecule has 1 atom stereocenters. The molecule has 1 saturated heterocycles. The van der Waals surface area contributed by atoms with Crippen LogP contribution in [0.15, 0.2) is 48.1 Å². The minimum Gasteiger partial charge on any atom is -0.336 e. The molecule has 3 heterocycles. The molecule has 0 spiro atoms. The number of hydrogen-bond donors (Lipinski definition) is 0. The van der Waals surface area contributed by atoms with Gasteiger partial charge >= 0.3 is 0 Å². The average Bonchev–Trinajstić information content (AvgIpc) is 3.41. The van der Waals surface area contributed by atoms with Crippen LogP contribution in [0.1, 0.15) is 46.5 Å². The van der Waals surface area contributed by atoms with E-state index in [1.807, 2.05) is 24.3 Å². The molecule has 1 fully saturated rings. The molecule has 140 valence electrons. The topological polar surface area (TPSA) is 63.9 Å². The molecule has 0 saturated carbocycles. The van der Waals surface area contributed by atoms with Crippen molar-refractivity contribution in [3.63, 3.8) is 0 Å². The number of carbonyl (C=O) groups excluding carboxylic acids is 1. The fourth-order valence-corrected chi connectivity index (χ4v) is 4.41. The number of benzene rings is 1. The fraction of sp³-hybridized carbons (Fsp3) is 0.400. The summed E-state index contributed by atoms with van der Waals surface area (Å²) in [5.74, 6) is 0.153. The van der Waals surface area contributed by atoms with Crippen LogP contribution in [0.3, 0.4) is 0 Å². The van der Waals surface area contributed by atoms with Gasteiger partial charge in [0.15, 0.2) is 0 Å². The zero-order chi connectivity index (χ0) is 18.5. The van der Waals surface area contributed by atoms with Crippen LogP contribution in [0.2, 0.25) is 0 Å². The van der Waals surface area contributed by atoms with Gasteiger partial charge in [-0.3, -0.25) is 4.79 Å². The molecule has 4 rings (SSSR count). The van der Waals surface area contributed by atoms with Crippen LogP contribution in [-0.2, 0) is 13.0 Å². The summed E-state index contributed by atoms with van der Waals surface area (Å²) in [5.41, 5.74) is 1.84. The van der Waals surface area contributed by atoms with Crippen LogP contribution >= 0.6 is 11.3 Å². The molecule has 1 aliphatic rings. The number of rotatable bonds is 6. The van der Waals surface area contributed by atoms with Crippen LogP contribution in [0, 0.1) is 0 Å². The highest BCUT2D eigenvalue weighted by molar-refractivity contribution is 7.09. The molecule has 0 N–H and O–H groups in total. The number of amides is 1. The van der Waals surface area contributed by atoms with E-state index in [1.54, 1.807) is 22.3 Å². The predicted molar refractivity (Wildman–Crippen MR) is 105 cm³/mol. The monoisotopic (exact) mass is 381 g/mol. The number of nitrogens with zero attached hydrogens (tertiary/aromatic N) is 5. The van der Waals surface area contributed by atoms with Crippen molar-refractivity contribution in [2.24, 2.45) is 0 Å². The van der Waals surface area contributed by atoms with E-state index in [9.17, 15) is 4.79 Å². The molecule has 1 unspecified atom stereocenters. The summed E-state index contributed by atoms with van der Waals surface area (Å²) < 4.78 is 1.67. The lowest BCUT2D eigenvalue weighted by molar-refractivity contribution is 0.0602. The second-order valence-corrected chi connectivity index (χ2v) is 8.00. The number of likely N-dealkylation sites (tertiary alicyclic amines) is 1. The van der Waals surface area contributed by atoms with E-state index in [0.717, 1.165) is 43.4 Å². The first-order valence-electron chi connectivity index (χ1n) is 9.42. The first kappa shape index (κ1) is 17.9. The normalized spacial score (nSPS) is 17.2. The van der Waals surface area contributed by atoms with E-state index >= 15 is 0 Å². The minimum absolute atomic E-state index is 0.153. The molecule has 1 aliphatic heterocycles. The van der Waals surface area contributed by atoms with Gasteiger partial charge in [0.25, 0.3) is 5.91 Å². The Morgan fingerprint density at radius 1 is 1.19 bits per heavy atom. The third-order valence-corrected chi connectivity index (χ3v) is 6.07. The molecule has 0 aliphatic carbocycles. The molecule has 0 bridgehead atoms. The van der Waals surface area contributed by atoms with Gasteiger partial charge in [-0.25, -0.2) is 4.68 Å². The second kappa shape index (κ2) is 8.43.